The molecule has 0 saturated carbocycles. The van der Waals surface area contributed by atoms with Crippen LogP contribution in [0.3, 0.4) is 0 Å². The monoisotopic (exact) mass is 434 g/mol. The fourth-order valence-electron chi connectivity index (χ4n) is 5.37. The lowest BCUT2D eigenvalue weighted by Crippen LogP contribution is -2.31. The second-order valence-electron chi connectivity index (χ2n) is 8.49. The molecule has 1 aliphatic heterocycles. The highest BCUT2D eigenvalue weighted by Crippen LogP contribution is 2.53. The van der Waals surface area contributed by atoms with E-state index in [1.165, 1.54) is 37.9 Å². The van der Waals surface area contributed by atoms with Crippen molar-refractivity contribution in [2.24, 2.45) is 7.05 Å². The summed E-state index contributed by atoms with van der Waals surface area (Å²) >= 11 is 1.76. The summed E-state index contributed by atoms with van der Waals surface area (Å²) in [6.45, 7) is 2.21. The number of rotatable bonds is 0. The van der Waals surface area contributed by atoms with Crippen LogP contribution in [0.25, 0.3) is 66.1 Å². The Kier molecular flexibility index (Phi) is 2.94. The molecule has 4 aromatic heterocycles. The Morgan fingerprint density at radius 1 is 0.844 bits per heavy atom. The van der Waals surface area contributed by atoms with E-state index in [1.807, 2.05) is 18.2 Å². The number of para-hydroxylation sites is 1. The molecule has 3 aromatic carbocycles. The minimum Gasteiger partial charge on any atom is -0.460 e. The Bertz CT molecular complexity index is 1940. The molecular formula is C27H16NO3S+. The van der Waals surface area contributed by atoms with Gasteiger partial charge < -0.3 is 13.3 Å². The number of fused-ring (bicyclic) bond motifs is 9. The molecule has 7 aromatic rings. The first-order chi connectivity index (χ1) is 15.7. The third-order valence-corrected chi connectivity index (χ3v) is 7.89. The Balaban J connectivity index is 1.59. The van der Waals surface area contributed by atoms with Crippen LogP contribution in [0.1, 0.15) is 5.56 Å². The highest BCUT2D eigenvalue weighted by Gasteiger charge is 2.33. The van der Waals surface area contributed by atoms with Gasteiger partial charge in [-0.2, -0.15) is 0 Å². The molecule has 32 heavy (non-hydrogen) atoms. The van der Waals surface area contributed by atoms with Crippen molar-refractivity contribution in [1.29, 1.82) is 0 Å². The van der Waals surface area contributed by atoms with Crippen LogP contribution in [0.15, 0.2) is 84.0 Å². The Morgan fingerprint density at radius 2 is 1.75 bits per heavy atom. The molecule has 1 aliphatic rings. The molecule has 5 heterocycles. The average molecular weight is 434 g/mol. The van der Waals surface area contributed by atoms with E-state index in [0.717, 1.165) is 43.6 Å². The van der Waals surface area contributed by atoms with Gasteiger partial charge in [0.15, 0.2) is 22.9 Å². The maximum absolute atomic E-state index is 6.28. The van der Waals surface area contributed by atoms with Crippen LogP contribution < -0.4 is 4.57 Å². The summed E-state index contributed by atoms with van der Waals surface area (Å²) in [6, 6.07) is 16.7. The van der Waals surface area contributed by atoms with Gasteiger partial charge in [0.1, 0.15) is 18.2 Å². The fourth-order valence-corrected chi connectivity index (χ4v) is 6.67. The quantitative estimate of drug-likeness (QED) is 0.232. The van der Waals surface area contributed by atoms with Crippen molar-refractivity contribution in [2.45, 2.75) is 16.7 Å². The molecule has 0 N–H and O–H groups in total. The molecule has 8 rings (SSSR count). The van der Waals surface area contributed by atoms with E-state index in [1.54, 1.807) is 18.0 Å². The van der Waals surface area contributed by atoms with Gasteiger partial charge in [-0.15, -0.1) is 0 Å². The normalized spacial score (nSPS) is 13.2. The Morgan fingerprint density at radius 3 is 2.69 bits per heavy atom. The number of nitrogens with zero attached hydrogens (tertiary/aromatic N) is 1. The molecule has 0 atom stereocenters. The molecule has 0 fully saturated rings. The van der Waals surface area contributed by atoms with E-state index in [9.17, 15) is 0 Å². The van der Waals surface area contributed by atoms with E-state index in [0.29, 0.717) is 0 Å². The molecule has 0 radical (unpaired) electrons. The van der Waals surface area contributed by atoms with E-state index in [-0.39, 0.29) is 0 Å². The van der Waals surface area contributed by atoms with Crippen LogP contribution in [-0.4, -0.2) is 0 Å². The zero-order chi connectivity index (χ0) is 21.1. The summed E-state index contributed by atoms with van der Waals surface area (Å²) in [5, 5.41) is 5.79. The van der Waals surface area contributed by atoms with Gasteiger partial charge in [-0.05, 0) is 36.1 Å². The topological polar surface area (TPSA) is 43.3 Å². The van der Waals surface area contributed by atoms with Gasteiger partial charge in [-0.25, -0.2) is 4.57 Å². The molecule has 152 valence electrons. The first-order valence-corrected chi connectivity index (χ1v) is 11.4. The number of hydrogen-bond donors (Lipinski definition) is 0. The summed E-state index contributed by atoms with van der Waals surface area (Å²) in [5.74, 6) is 0. The zero-order valence-electron chi connectivity index (χ0n) is 17.4. The average Bonchev–Trinajstić information content (AvgIpc) is 3.48. The maximum atomic E-state index is 6.28. The lowest BCUT2D eigenvalue weighted by molar-refractivity contribution is -0.659. The van der Waals surface area contributed by atoms with E-state index >= 15 is 0 Å². The number of pyridine rings is 1. The van der Waals surface area contributed by atoms with Crippen molar-refractivity contribution >= 4 is 66.6 Å². The van der Waals surface area contributed by atoms with Crippen LogP contribution in [0, 0.1) is 6.92 Å². The molecule has 4 nitrogen and oxygen atoms in total. The van der Waals surface area contributed by atoms with Gasteiger partial charge in [0, 0.05) is 27.8 Å². The van der Waals surface area contributed by atoms with Crippen LogP contribution in [0.4, 0.5) is 0 Å². The summed E-state index contributed by atoms with van der Waals surface area (Å²) in [7, 11) is 2.12. The van der Waals surface area contributed by atoms with Gasteiger partial charge in [0.25, 0.3) is 0 Å². The minimum absolute atomic E-state index is 0.785. The number of hydrogen-bond acceptors (Lipinski definition) is 4. The Hall–Kier alpha value is -3.70. The summed E-state index contributed by atoms with van der Waals surface area (Å²) in [4.78, 5) is 2.32. The minimum atomic E-state index is 0.785. The largest absolute Gasteiger partial charge is 0.460 e. The lowest BCUT2D eigenvalue weighted by Gasteiger charge is -2.20. The van der Waals surface area contributed by atoms with Crippen LogP contribution in [0.2, 0.25) is 0 Å². The van der Waals surface area contributed by atoms with Crippen LogP contribution >= 0.6 is 11.8 Å². The third kappa shape index (κ3) is 1.89. The zero-order valence-corrected chi connectivity index (χ0v) is 18.2. The first kappa shape index (κ1) is 16.9. The van der Waals surface area contributed by atoms with E-state index in [2.05, 4.69) is 55.1 Å². The molecule has 0 spiro atoms. The van der Waals surface area contributed by atoms with Crippen molar-refractivity contribution in [1.82, 2.24) is 0 Å². The maximum Gasteiger partial charge on any atom is 0.222 e. The molecule has 0 bridgehead atoms. The number of aryl methyl sites for hydroxylation is 2. The molecule has 5 heteroatoms. The fraction of sp³-hybridized carbons (Fsp3) is 0.0741. The standard InChI is InChI=1S/C27H16NO3S/c1-13-21-15-5-3-4-6-17(15)30-19(21)12-20-22(13)24-23-14(7-9-28(24)2)11-16-25-18(8-10-29-25)31-26(16)27(23)32-20/h3-12H,1-2H3/q+1. The molecule has 0 amide bonds. The van der Waals surface area contributed by atoms with Crippen LogP contribution in [0.5, 0.6) is 0 Å². The molecular weight excluding hydrogens is 418 g/mol. The summed E-state index contributed by atoms with van der Waals surface area (Å²) in [5.41, 5.74) is 8.06. The van der Waals surface area contributed by atoms with E-state index in [4.69, 9.17) is 13.3 Å². The number of furan rings is 3. The number of aromatic nitrogens is 1. The van der Waals surface area contributed by atoms with E-state index < -0.39 is 0 Å². The van der Waals surface area contributed by atoms with Gasteiger partial charge in [0.05, 0.1) is 27.5 Å². The van der Waals surface area contributed by atoms with Crippen molar-refractivity contribution < 1.29 is 17.8 Å². The van der Waals surface area contributed by atoms with Crippen molar-refractivity contribution in [2.75, 3.05) is 0 Å². The predicted octanol–water partition coefficient (Wildman–Crippen LogP) is 7.50. The second kappa shape index (κ2) is 5.56. The van der Waals surface area contributed by atoms with Crippen molar-refractivity contribution in [3.63, 3.8) is 0 Å². The van der Waals surface area contributed by atoms with Crippen molar-refractivity contribution in [3.05, 3.63) is 66.6 Å². The molecule has 0 unspecified atom stereocenters. The second-order valence-corrected chi connectivity index (χ2v) is 9.54. The SMILES string of the molecule is Cc1c2c(cc3oc4ccccc4c13)Sc1c3oc4ccoc4c3cc3cc[n+](C)c-2c13. The van der Waals surface area contributed by atoms with Gasteiger partial charge in [-0.1, -0.05) is 30.0 Å². The summed E-state index contributed by atoms with van der Waals surface area (Å²) in [6.07, 6.45) is 3.83. The highest BCUT2D eigenvalue weighted by molar-refractivity contribution is 8.00. The van der Waals surface area contributed by atoms with Crippen molar-refractivity contribution in [3.8, 4) is 11.3 Å². The predicted molar refractivity (Wildman–Crippen MR) is 126 cm³/mol. The first-order valence-electron chi connectivity index (χ1n) is 10.6. The van der Waals surface area contributed by atoms with Crippen LogP contribution in [-0.2, 0) is 7.05 Å². The smallest absolute Gasteiger partial charge is 0.222 e. The Labute approximate surface area is 186 Å². The number of benzene rings is 3. The summed E-state index contributed by atoms with van der Waals surface area (Å²) < 4.78 is 20.5. The van der Waals surface area contributed by atoms with Gasteiger partial charge >= 0.3 is 0 Å². The molecule has 0 aliphatic carbocycles. The van der Waals surface area contributed by atoms with Gasteiger partial charge in [0.2, 0.25) is 5.69 Å². The molecule has 0 saturated heterocycles. The van der Waals surface area contributed by atoms with Gasteiger partial charge in [-0.3, -0.25) is 0 Å². The highest BCUT2D eigenvalue weighted by atomic mass is 32.2. The third-order valence-electron chi connectivity index (χ3n) is 6.75. The lowest BCUT2D eigenvalue weighted by atomic mass is 9.95.